The third-order valence-electron chi connectivity index (χ3n) is 5.07. The van der Waals surface area contributed by atoms with Crippen LogP contribution in [0.15, 0.2) is 60.8 Å². The SMILES string of the molecule is CCC1(C)C[n+]2ccc3ccccc3c2-c2ccccc21. The topological polar surface area (TPSA) is 3.88 Å². The van der Waals surface area contributed by atoms with E-state index in [2.05, 4.69) is 79.2 Å². The Morgan fingerprint density at radius 1 is 1.00 bits per heavy atom. The largest absolute Gasteiger partial charge is 0.220 e. The molecule has 0 N–H and O–H groups in total. The molecular formula is C20H20N+. The average Bonchev–Trinajstić information content (AvgIpc) is 2.54. The summed E-state index contributed by atoms with van der Waals surface area (Å²) in [5, 5.41) is 2.67. The number of hydrogen-bond donors (Lipinski definition) is 0. The second-order valence-corrected chi connectivity index (χ2v) is 6.34. The molecule has 1 heteroatoms. The molecular weight excluding hydrogens is 254 g/mol. The van der Waals surface area contributed by atoms with Crippen LogP contribution in [0.4, 0.5) is 0 Å². The first kappa shape index (κ1) is 12.6. The van der Waals surface area contributed by atoms with E-state index in [9.17, 15) is 0 Å². The van der Waals surface area contributed by atoms with Crippen LogP contribution in [0, 0.1) is 0 Å². The quantitative estimate of drug-likeness (QED) is 0.576. The van der Waals surface area contributed by atoms with Gasteiger partial charge in [-0.3, -0.25) is 0 Å². The Labute approximate surface area is 125 Å². The van der Waals surface area contributed by atoms with Crippen molar-refractivity contribution in [3.8, 4) is 11.3 Å². The minimum Gasteiger partial charge on any atom is -0.197 e. The highest BCUT2D eigenvalue weighted by Crippen LogP contribution is 2.40. The number of hydrogen-bond acceptors (Lipinski definition) is 0. The number of benzene rings is 2. The van der Waals surface area contributed by atoms with Gasteiger partial charge in [-0.05, 0) is 36.4 Å². The minimum absolute atomic E-state index is 0.219. The molecule has 0 saturated carbocycles. The standard InChI is InChI=1S/C20H20N/c1-3-20(2)14-21-13-12-15-8-4-5-9-16(15)19(21)17-10-6-7-11-18(17)20/h4-13H,3,14H2,1-2H3/q+1. The number of aromatic nitrogens is 1. The smallest absolute Gasteiger partial charge is 0.197 e. The summed E-state index contributed by atoms with van der Waals surface area (Å²) in [6.45, 7) is 5.74. The van der Waals surface area contributed by atoms with Gasteiger partial charge < -0.3 is 0 Å². The van der Waals surface area contributed by atoms with Crippen molar-refractivity contribution in [2.45, 2.75) is 32.2 Å². The van der Waals surface area contributed by atoms with Crippen LogP contribution in [0.5, 0.6) is 0 Å². The summed E-state index contributed by atoms with van der Waals surface area (Å²) in [4.78, 5) is 0. The van der Waals surface area contributed by atoms with E-state index >= 15 is 0 Å². The van der Waals surface area contributed by atoms with Gasteiger partial charge in [-0.2, -0.15) is 4.57 Å². The van der Waals surface area contributed by atoms with Crippen LogP contribution < -0.4 is 4.57 Å². The zero-order valence-corrected chi connectivity index (χ0v) is 12.6. The fraction of sp³-hybridized carbons (Fsp3) is 0.250. The molecule has 1 aliphatic heterocycles. The molecule has 1 aliphatic rings. The molecule has 0 saturated heterocycles. The zero-order chi connectivity index (χ0) is 14.4. The van der Waals surface area contributed by atoms with Gasteiger partial charge in [-0.1, -0.05) is 43.3 Å². The molecule has 0 radical (unpaired) electrons. The zero-order valence-electron chi connectivity index (χ0n) is 12.6. The maximum absolute atomic E-state index is 2.44. The predicted molar refractivity (Wildman–Crippen MR) is 87.2 cm³/mol. The van der Waals surface area contributed by atoms with Gasteiger partial charge >= 0.3 is 0 Å². The van der Waals surface area contributed by atoms with Gasteiger partial charge in [-0.15, -0.1) is 0 Å². The normalized spacial score (nSPS) is 20.1. The van der Waals surface area contributed by atoms with E-state index in [-0.39, 0.29) is 5.41 Å². The fourth-order valence-electron chi connectivity index (χ4n) is 3.67. The first-order chi connectivity index (χ1) is 10.2. The number of rotatable bonds is 1. The van der Waals surface area contributed by atoms with Crippen LogP contribution in [0.2, 0.25) is 0 Å². The van der Waals surface area contributed by atoms with E-state index in [1.807, 2.05) is 0 Å². The van der Waals surface area contributed by atoms with Crippen molar-refractivity contribution in [2.75, 3.05) is 0 Å². The molecule has 0 fully saturated rings. The van der Waals surface area contributed by atoms with Crippen LogP contribution in [-0.2, 0) is 12.0 Å². The van der Waals surface area contributed by atoms with Crippen molar-refractivity contribution in [3.63, 3.8) is 0 Å². The molecule has 1 atom stereocenters. The highest BCUT2D eigenvalue weighted by atomic mass is 15.0. The van der Waals surface area contributed by atoms with E-state index in [0.29, 0.717) is 0 Å². The molecule has 2 aromatic carbocycles. The summed E-state index contributed by atoms with van der Waals surface area (Å²) in [5.74, 6) is 0. The second-order valence-electron chi connectivity index (χ2n) is 6.34. The van der Waals surface area contributed by atoms with Crippen LogP contribution in [-0.4, -0.2) is 0 Å². The summed E-state index contributed by atoms with van der Waals surface area (Å²) in [5.41, 5.74) is 4.47. The first-order valence-electron chi connectivity index (χ1n) is 7.74. The summed E-state index contributed by atoms with van der Waals surface area (Å²) >= 11 is 0. The molecule has 1 aromatic heterocycles. The monoisotopic (exact) mass is 274 g/mol. The van der Waals surface area contributed by atoms with Crippen LogP contribution in [0.1, 0.15) is 25.8 Å². The van der Waals surface area contributed by atoms with Crippen molar-refractivity contribution in [3.05, 3.63) is 66.4 Å². The summed E-state index contributed by atoms with van der Waals surface area (Å²) in [7, 11) is 0. The van der Waals surface area contributed by atoms with Gasteiger partial charge in [0.15, 0.2) is 12.7 Å². The molecule has 3 aromatic rings. The number of fused-ring (bicyclic) bond motifs is 5. The Morgan fingerprint density at radius 3 is 2.62 bits per heavy atom. The third-order valence-corrected chi connectivity index (χ3v) is 5.07. The highest BCUT2D eigenvalue weighted by Gasteiger charge is 2.39. The lowest BCUT2D eigenvalue weighted by atomic mass is 9.74. The lowest BCUT2D eigenvalue weighted by Crippen LogP contribution is -2.49. The Bertz CT molecular complexity index is 834. The van der Waals surface area contributed by atoms with Gasteiger partial charge in [-0.25, -0.2) is 0 Å². The van der Waals surface area contributed by atoms with Crippen molar-refractivity contribution >= 4 is 10.8 Å². The second kappa shape index (κ2) is 4.42. The van der Waals surface area contributed by atoms with Crippen molar-refractivity contribution in [1.29, 1.82) is 0 Å². The van der Waals surface area contributed by atoms with Gasteiger partial charge in [0.25, 0.3) is 0 Å². The van der Waals surface area contributed by atoms with Gasteiger partial charge in [0, 0.05) is 6.07 Å². The molecule has 0 bridgehead atoms. The molecule has 0 spiro atoms. The van der Waals surface area contributed by atoms with E-state index < -0.39 is 0 Å². The maximum atomic E-state index is 2.44. The summed E-state index contributed by atoms with van der Waals surface area (Å²) in [6, 6.07) is 19.9. The van der Waals surface area contributed by atoms with E-state index in [0.717, 1.165) is 13.0 Å². The molecule has 1 nitrogen and oxygen atoms in total. The fourth-order valence-corrected chi connectivity index (χ4v) is 3.67. The van der Waals surface area contributed by atoms with Crippen LogP contribution >= 0.6 is 0 Å². The number of nitrogens with zero attached hydrogens (tertiary/aromatic N) is 1. The lowest BCUT2D eigenvalue weighted by Gasteiger charge is -2.32. The molecule has 1 unspecified atom stereocenters. The molecule has 0 amide bonds. The minimum atomic E-state index is 0.219. The Hall–Kier alpha value is -2.15. The van der Waals surface area contributed by atoms with E-state index in [4.69, 9.17) is 0 Å². The third kappa shape index (κ3) is 1.73. The van der Waals surface area contributed by atoms with Crippen molar-refractivity contribution < 1.29 is 4.57 Å². The van der Waals surface area contributed by atoms with Gasteiger partial charge in [0.1, 0.15) is 0 Å². The van der Waals surface area contributed by atoms with Gasteiger partial charge in [0.2, 0.25) is 5.69 Å². The predicted octanol–water partition coefficient (Wildman–Crippen LogP) is 4.48. The number of pyridine rings is 1. The molecule has 21 heavy (non-hydrogen) atoms. The lowest BCUT2D eigenvalue weighted by molar-refractivity contribution is -0.695. The van der Waals surface area contributed by atoms with Crippen LogP contribution in [0.25, 0.3) is 22.0 Å². The summed E-state index contributed by atoms with van der Waals surface area (Å²) in [6.07, 6.45) is 3.41. The van der Waals surface area contributed by atoms with Crippen molar-refractivity contribution in [2.24, 2.45) is 0 Å². The van der Waals surface area contributed by atoms with E-state index in [1.165, 1.54) is 27.6 Å². The average molecular weight is 274 g/mol. The highest BCUT2D eigenvalue weighted by molar-refractivity contribution is 5.94. The van der Waals surface area contributed by atoms with Crippen molar-refractivity contribution in [1.82, 2.24) is 0 Å². The molecule has 0 aliphatic carbocycles. The van der Waals surface area contributed by atoms with Crippen LogP contribution in [0.3, 0.4) is 0 Å². The van der Waals surface area contributed by atoms with Gasteiger partial charge in [0.05, 0.1) is 16.4 Å². The Balaban J connectivity index is 2.12. The Kier molecular flexibility index (Phi) is 2.65. The Morgan fingerprint density at radius 2 is 1.76 bits per heavy atom. The first-order valence-corrected chi connectivity index (χ1v) is 7.74. The van der Waals surface area contributed by atoms with E-state index in [1.54, 1.807) is 0 Å². The summed E-state index contributed by atoms with van der Waals surface area (Å²) < 4.78 is 2.44. The molecule has 4 rings (SSSR count). The molecule has 104 valence electrons. The maximum Gasteiger partial charge on any atom is 0.220 e. The molecule has 2 heterocycles.